The minimum Gasteiger partial charge on any atom is -0.390 e. The molecule has 0 aromatic carbocycles. The van der Waals surface area contributed by atoms with Crippen LogP contribution in [0.25, 0.3) is 5.65 Å². The Morgan fingerprint density at radius 2 is 2.15 bits per heavy atom. The molecule has 2 aliphatic rings. The third-order valence-corrected chi connectivity index (χ3v) is 5.17. The lowest BCUT2D eigenvalue weighted by molar-refractivity contribution is 0.0842. The number of hydrogen-bond acceptors (Lipinski definition) is 5. The normalized spacial score (nSPS) is 20.9. The van der Waals surface area contributed by atoms with E-state index in [9.17, 15) is 4.79 Å². The van der Waals surface area contributed by atoms with Gasteiger partial charge in [0.25, 0.3) is 0 Å². The van der Waals surface area contributed by atoms with Crippen LogP contribution in [0.2, 0.25) is 0 Å². The topological polar surface area (TPSA) is 84.1 Å². The average Bonchev–Trinajstić information content (AvgIpc) is 3.33. The summed E-state index contributed by atoms with van der Waals surface area (Å²) in [6.45, 7) is 4.01. The van der Waals surface area contributed by atoms with Gasteiger partial charge >= 0.3 is 6.03 Å². The van der Waals surface area contributed by atoms with E-state index in [1.54, 1.807) is 0 Å². The zero-order valence-electron chi connectivity index (χ0n) is 15.0. The maximum Gasteiger partial charge on any atom is 0.317 e. The summed E-state index contributed by atoms with van der Waals surface area (Å²) in [6.07, 6.45) is 5.46. The fraction of sp³-hybridized carbons (Fsp3) is 0.556. The maximum atomic E-state index is 12.4. The zero-order valence-corrected chi connectivity index (χ0v) is 15.0. The van der Waals surface area contributed by atoms with Gasteiger partial charge in [-0.05, 0) is 31.4 Å². The van der Waals surface area contributed by atoms with Gasteiger partial charge in [-0.2, -0.15) is 0 Å². The number of oxime groups is 1. The van der Waals surface area contributed by atoms with Crippen molar-refractivity contribution in [1.82, 2.24) is 24.8 Å². The van der Waals surface area contributed by atoms with Gasteiger partial charge in [0, 0.05) is 31.6 Å². The Morgan fingerprint density at radius 3 is 2.92 bits per heavy atom. The Morgan fingerprint density at radius 1 is 1.31 bits per heavy atom. The van der Waals surface area contributed by atoms with Gasteiger partial charge in [-0.3, -0.25) is 4.40 Å². The van der Waals surface area contributed by atoms with Crippen molar-refractivity contribution >= 4 is 17.4 Å². The predicted molar refractivity (Wildman–Crippen MR) is 97.1 cm³/mol. The molecular formula is C18H24N6O2. The average molecular weight is 356 g/mol. The number of likely N-dealkylation sites (tertiary alicyclic amines) is 1. The fourth-order valence-corrected chi connectivity index (χ4v) is 3.60. The summed E-state index contributed by atoms with van der Waals surface area (Å²) in [5, 5.41) is 15.6. The molecule has 26 heavy (non-hydrogen) atoms. The smallest absolute Gasteiger partial charge is 0.317 e. The second-order valence-electron chi connectivity index (χ2n) is 6.88. The summed E-state index contributed by atoms with van der Waals surface area (Å²) in [4.78, 5) is 19.6. The van der Waals surface area contributed by atoms with E-state index in [1.165, 1.54) is 0 Å². The first-order valence-corrected chi connectivity index (χ1v) is 9.28. The standard InChI is InChI=1S/C18H24N6O2/c1-2-14-11-15(26-22-14)12-19-18(25)23-9-6-13(7-10-23)17-21-20-16-5-3-4-8-24(16)17/h3-5,8,13,15H,2,6-7,9-12H2,1H3,(H,19,25). The highest BCUT2D eigenvalue weighted by molar-refractivity contribution is 5.85. The van der Waals surface area contributed by atoms with Gasteiger partial charge < -0.3 is 15.1 Å². The number of urea groups is 1. The molecule has 1 unspecified atom stereocenters. The van der Waals surface area contributed by atoms with E-state index in [-0.39, 0.29) is 12.1 Å². The van der Waals surface area contributed by atoms with Crippen LogP contribution in [-0.2, 0) is 4.84 Å². The van der Waals surface area contributed by atoms with Gasteiger partial charge in [-0.15, -0.1) is 10.2 Å². The molecular weight excluding hydrogens is 332 g/mol. The van der Waals surface area contributed by atoms with Gasteiger partial charge in [-0.1, -0.05) is 18.1 Å². The van der Waals surface area contributed by atoms with Gasteiger partial charge in [0.1, 0.15) is 11.9 Å². The van der Waals surface area contributed by atoms with Gasteiger partial charge in [0.05, 0.1) is 12.3 Å². The number of carbonyl (C=O) groups excluding carboxylic acids is 1. The van der Waals surface area contributed by atoms with Crippen LogP contribution in [0, 0.1) is 0 Å². The Labute approximate surface area is 152 Å². The molecule has 1 N–H and O–H groups in total. The molecule has 4 heterocycles. The highest BCUT2D eigenvalue weighted by Gasteiger charge is 2.28. The van der Waals surface area contributed by atoms with Crippen LogP contribution in [0.5, 0.6) is 0 Å². The van der Waals surface area contributed by atoms with Crippen molar-refractivity contribution in [2.75, 3.05) is 19.6 Å². The first-order valence-electron chi connectivity index (χ1n) is 9.28. The van der Waals surface area contributed by atoms with Gasteiger partial charge in [0.15, 0.2) is 5.65 Å². The Bertz CT molecular complexity index is 809. The van der Waals surface area contributed by atoms with Crippen LogP contribution >= 0.6 is 0 Å². The second kappa shape index (κ2) is 7.31. The van der Waals surface area contributed by atoms with E-state index in [4.69, 9.17) is 4.84 Å². The lowest BCUT2D eigenvalue weighted by Crippen LogP contribution is -2.46. The van der Waals surface area contributed by atoms with E-state index in [1.807, 2.05) is 33.7 Å². The molecule has 1 saturated heterocycles. The van der Waals surface area contributed by atoms with E-state index in [0.29, 0.717) is 12.5 Å². The zero-order chi connectivity index (χ0) is 17.9. The first kappa shape index (κ1) is 16.8. The summed E-state index contributed by atoms with van der Waals surface area (Å²) in [5.41, 5.74) is 1.93. The first-order chi connectivity index (χ1) is 12.7. The van der Waals surface area contributed by atoms with Crippen LogP contribution in [-0.4, -0.2) is 57.0 Å². The van der Waals surface area contributed by atoms with Crippen LogP contribution < -0.4 is 5.32 Å². The van der Waals surface area contributed by atoms with E-state index >= 15 is 0 Å². The summed E-state index contributed by atoms with van der Waals surface area (Å²) in [7, 11) is 0. The largest absolute Gasteiger partial charge is 0.390 e. The van der Waals surface area contributed by atoms with Gasteiger partial charge in [-0.25, -0.2) is 4.79 Å². The van der Waals surface area contributed by atoms with Crippen molar-refractivity contribution < 1.29 is 9.63 Å². The van der Waals surface area contributed by atoms with Crippen LogP contribution in [0.1, 0.15) is 44.3 Å². The Kier molecular flexibility index (Phi) is 4.73. The summed E-state index contributed by atoms with van der Waals surface area (Å²) >= 11 is 0. The van der Waals surface area contributed by atoms with Crippen molar-refractivity contribution in [3.63, 3.8) is 0 Å². The maximum absolute atomic E-state index is 12.4. The SMILES string of the molecule is CCC1=NOC(CNC(=O)N2CCC(c3nnc4ccccn34)CC2)C1. The van der Waals surface area contributed by atoms with Crippen molar-refractivity contribution in [3.05, 3.63) is 30.2 Å². The Balaban J connectivity index is 1.27. The lowest BCUT2D eigenvalue weighted by atomic mass is 9.96. The summed E-state index contributed by atoms with van der Waals surface area (Å²) < 4.78 is 2.04. The van der Waals surface area contributed by atoms with Crippen molar-refractivity contribution in [1.29, 1.82) is 0 Å². The molecule has 2 aromatic heterocycles. The number of nitrogens with zero attached hydrogens (tertiary/aromatic N) is 5. The fourth-order valence-electron chi connectivity index (χ4n) is 3.60. The van der Waals surface area contributed by atoms with Crippen molar-refractivity contribution in [2.45, 2.75) is 44.6 Å². The lowest BCUT2D eigenvalue weighted by Gasteiger charge is -2.31. The number of hydrogen-bond donors (Lipinski definition) is 1. The molecule has 0 bridgehead atoms. The second-order valence-corrected chi connectivity index (χ2v) is 6.88. The number of fused-ring (bicyclic) bond motifs is 1. The minimum atomic E-state index is -0.0335. The number of pyridine rings is 1. The monoisotopic (exact) mass is 356 g/mol. The highest BCUT2D eigenvalue weighted by Crippen LogP contribution is 2.27. The molecule has 4 rings (SSSR count). The van der Waals surface area contributed by atoms with E-state index < -0.39 is 0 Å². The number of nitrogens with one attached hydrogen (secondary N) is 1. The molecule has 0 aliphatic carbocycles. The molecule has 1 atom stereocenters. The Hall–Kier alpha value is -2.64. The molecule has 1 fully saturated rings. The molecule has 0 radical (unpaired) electrons. The number of aromatic nitrogens is 3. The third kappa shape index (κ3) is 3.36. The van der Waals surface area contributed by atoms with Crippen LogP contribution in [0.4, 0.5) is 4.79 Å². The number of rotatable bonds is 4. The van der Waals surface area contributed by atoms with Crippen LogP contribution in [0.15, 0.2) is 29.6 Å². The third-order valence-electron chi connectivity index (χ3n) is 5.17. The van der Waals surface area contributed by atoms with E-state index in [0.717, 1.165) is 56.0 Å². The summed E-state index contributed by atoms with van der Waals surface area (Å²) in [6, 6.07) is 5.88. The number of amides is 2. The minimum absolute atomic E-state index is 0.0249. The van der Waals surface area contributed by atoms with Crippen molar-refractivity contribution in [3.8, 4) is 0 Å². The molecule has 2 aromatic rings. The van der Waals surface area contributed by atoms with Crippen molar-refractivity contribution in [2.24, 2.45) is 5.16 Å². The molecule has 0 saturated carbocycles. The molecule has 2 aliphatic heterocycles. The highest BCUT2D eigenvalue weighted by atomic mass is 16.6. The molecule has 138 valence electrons. The molecule has 8 nitrogen and oxygen atoms in total. The number of piperidine rings is 1. The number of carbonyl (C=O) groups is 1. The predicted octanol–water partition coefficient (Wildman–Crippen LogP) is 2.17. The van der Waals surface area contributed by atoms with Gasteiger partial charge in [0.2, 0.25) is 0 Å². The molecule has 2 amide bonds. The molecule has 8 heteroatoms. The van der Waals surface area contributed by atoms with Crippen LogP contribution in [0.3, 0.4) is 0 Å². The molecule has 0 spiro atoms. The summed E-state index contributed by atoms with van der Waals surface area (Å²) in [5.74, 6) is 1.32. The van der Waals surface area contributed by atoms with E-state index in [2.05, 4.69) is 27.6 Å². The quantitative estimate of drug-likeness (QED) is 0.910.